The lowest BCUT2D eigenvalue weighted by molar-refractivity contribution is -0.137. The van der Waals surface area contributed by atoms with Crippen LogP contribution in [-0.4, -0.2) is 16.0 Å². The number of aryl methyl sites for hydroxylation is 1. The number of nitrogens with one attached hydrogen (secondary N) is 1. The van der Waals surface area contributed by atoms with Gasteiger partial charge in [0.15, 0.2) is 0 Å². The normalized spacial score (nSPS) is 11.2. The van der Waals surface area contributed by atoms with E-state index in [1.165, 1.54) is 31.5 Å². The Morgan fingerprint density at radius 3 is 2.43 bits per heavy atom. The predicted molar refractivity (Wildman–Crippen MR) is 70.0 cm³/mol. The average Bonchev–Trinajstić information content (AvgIpc) is 2.43. The first-order valence-corrected chi connectivity index (χ1v) is 5.91. The van der Waals surface area contributed by atoms with Gasteiger partial charge in [-0.25, -0.2) is 0 Å². The molecule has 0 spiro atoms. The predicted octanol–water partition coefficient (Wildman–Crippen LogP) is 3.37. The number of halogens is 3. The summed E-state index contributed by atoms with van der Waals surface area (Å²) in [5.41, 5.74) is -0.985. The van der Waals surface area contributed by atoms with Crippen molar-refractivity contribution in [2.45, 2.75) is 13.1 Å². The van der Waals surface area contributed by atoms with Crippen molar-refractivity contribution in [1.82, 2.24) is 4.98 Å². The smallest absolute Gasteiger partial charge is 0.416 e. The van der Waals surface area contributed by atoms with E-state index < -0.39 is 23.4 Å². The van der Waals surface area contributed by atoms with Crippen LogP contribution in [0.2, 0.25) is 0 Å². The highest BCUT2D eigenvalue weighted by atomic mass is 19.4. The fourth-order valence-electron chi connectivity index (χ4n) is 1.74. The average molecular weight is 296 g/mol. The van der Waals surface area contributed by atoms with Gasteiger partial charge in [-0.15, -0.1) is 0 Å². The number of aromatic hydroxyl groups is 1. The number of alkyl halides is 3. The minimum Gasteiger partial charge on any atom is -0.505 e. The lowest BCUT2D eigenvalue weighted by Gasteiger charge is -2.14. The van der Waals surface area contributed by atoms with Crippen molar-refractivity contribution in [2.75, 3.05) is 5.32 Å². The highest BCUT2D eigenvalue weighted by Gasteiger charge is 2.32. The Balaban J connectivity index is 2.36. The summed E-state index contributed by atoms with van der Waals surface area (Å²) in [5, 5.41) is 12.1. The minimum atomic E-state index is -4.56. The van der Waals surface area contributed by atoms with Gasteiger partial charge in [0.25, 0.3) is 5.91 Å². The molecule has 1 amide bonds. The molecule has 1 aromatic heterocycles. The molecule has 21 heavy (non-hydrogen) atoms. The van der Waals surface area contributed by atoms with E-state index in [2.05, 4.69) is 10.3 Å². The number of benzene rings is 1. The Hall–Kier alpha value is -2.57. The van der Waals surface area contributed by atoms with Gasteiger partial charge in [0, 0.05) is 18.0 Å². The molecule has 0 radical (unpaired) electrons. The Bertz CT molecular complexity index is 670. The van der Waals surface area contributed by atoms with Crippen molar-refractivity contribution in [3.05, 3.63) is 53.3 Å². The summed E-state index contributed by atoms with van der Waals surface area (Å²) < 4.78 is 38.2. The molecule has 0 saturated carbocycles. The standard InChI is InChI=1S/C14H11F3N2O2/c1-8-6-10(14(15,16)17)7-11(12(8)20)19-13(21)9-2-4-18-5-3-9/h2-7,20H,1H3,(H,19,21). The molecule has 0 saturated heterocycles. The molecular formula is C14H11F3N2O2. The maximum Gasteiger partial charge on any atom is 0.416 e. The van der Waals surface area contributed by atoms with E-state index in [0.29, 0.717) is 6.07 Å². The summed E-state index contributed by atoms with van der Waals surface area (Å²) in [5.74, 6) is -1.03. The minimum absolute atomic E-state index is 0.0230. The molecule has 2 rings (SSSR count). The Labute approximate surface area is 118 Å². The first kappa shape index (κ1) is 14.8. The number of anilines is 1. The summed E-state index contributed by atoms with van der Waals surface area (Å²) >= 11 is 0. The van der Waals surface area contributed by atoms with Gasteiger partial charge >= 0.3 is 6.18 Å². The van der Waals surface area contributed by atoms with E-state index in [0.717, 1.165) is 6.07 Å². The highest BCUT2D eigenvalue weighted by Crippen LogP contribution is 2.37. The molecule has 4 nitrogen and oxygen atoms in total. The first-order chi connectivity index (χ1) is 9.79. The number of nitrogens with zero attached hydrogens (tertiary/aromatic N) is 1. The van der Waals surface area contributed by atoms with E-state index in [4.69, 9.17) is 0 Å². The van der Waals surface area contributed by atoms with E-state index >= 15 is 0 Å². The number of carbonyl (C=O) groups is 1. The zero-order valence-electron chi connectivity index (χ0n) is 10.9. The maximum atomic E-state index is 12.7. The first-order valence-electron chi connectivity index (χ1n) is 5.91. The molecule has 1 heterocycles. The molecule has 0 fully saturated rings. The monoisotopic (exact) mass is 296 g/mol. The largest absolute Gasteiger partial charge is 0.505 e. The van der Waals surface area contributed by atoms with Crippen LogP contribution in [0.1, 0.15) is 21.5 Å². The molecule has 0 bridgehead atoms. The molecule has 0 aliphatic heterocycles. The van der Waals surface area contributed by atoms with E-state index in [1.807, 2.05) is 0 Å². The molecule has 0 atom stereocenters. The van der Waals surface area contributed by atoms with Crippen LogP contribution in [0.15, 0.2) is 36.7 Å². The van der Waals surface area contributed by atoms with Gasteiger partial charge in [0.05, 0.1) is 11.3 Å². The zero-order valence-corrected chi connectivity index (χ0v) is 10.9. The van der Waals surface area contributed by atoms with Crippen molar-refractivity contribution in [1.29, 1.82) is 0 Å². The molecule has 7 heteroatoms. The van der Waals surface area contributed by atoms with Gasteiger partial charge in [-0.3, -0.25) is 9.78 Å². The third-order valence-electron chi connectivity index (χ3n) is 2.82. The second-order valence-corrected chi connectivity index (χ2v) is 4.38. The summed E-state index contributed by atoms with van der Waals surface area (Å²) in [7, 11) is 0. The number of rotatable bonds is 2. The second-order valence-electron chi connectivity index (χ2n) is 4.38. The van der Waals surface area contributed by atoms with Crippen LogP contribution in [0, 0.1) is 6.92 Å². The van der Waals surface area contributed by atoms with Crippen LogP contribution in [-0.2, 0) is 6.18 Å². The molecule has 0 unspecified atom stereocenters. The summed E-state index contributed by atoms with van der Waals surface area (Å²) in [4.78, 5) is 15.6. The van der Waals surface area contributed by atoms with Crippen LogP contribution < -0.4 is 5.32 Å². The number of amides is 1. The lowest BCUT2D eigenvalue weighted by atomic mass is 10.1. The number of phenolic OH excluding ortho intramolecular Hbond substituents is 1. The van der Waals surface area contributed by atoms with Crippen LogP contribution in [0.3, 0.4) is 0 Å². The van der Waals surface area contributed by atoms with Gasteiger partial charge in [-0.2, -0.15) is 13.2 Å². The van der Waals surface area contributed by atoms with Crippen molar-refractivity contribution in [2.24, 2.45) is 0 Å². The zero-order chi connectivity index (χ0) is 15.6. The fourth-order valence-corrected chi connectivity index (χ4v) is 1.74. The molecule has 0 aliphatic rings. The third kappa shape index (κ3) is 3.31. The summed E-state index contributed by atoms with van der Waals surface area (Å²) in [6.45, 7) is 1.33. The highest BCUT2D eigenvalue weighted by molar-refractivity contribution is 6.05. The maximum absolute atomic E-state index is 12.7. The van der Waals surface area contributed by atoms with E-state index in [-0.39, 0.29) is 16.8 Å². The molecule has 2 N–H and O–H groups in total. The van der Waals surface area contributed by atoms with Crippen LogP contribution in [0.5, 0.6) is 5.75 Å². The molecule has 0 aliphatic carbocycles. The van der Waals surface area contributed by atoms with Gasteiger partial charge in [-0.05, 0) is 36.8 Å². The molecule has 2 aromatic rings. The van der Waals surface area contributed by atoms with Crippen molar-refractivity contribution >= 4 is 11.6 Å². The summed E-state index contributed by atoms with van der Waals surface area (Å²) in [6.07, 6.45) is -1.80. The van der Waals surface area contributed by atoms with Crippen molar-refractivity contribution < 1.29 is 23.1 Å². The number of pyridine rings is 1. The molecular weight excluding hydrogens is 285 g/mol. The van der Waals surface area contributed by atoms with Crippen LogP contribution in [0.25, 0.3) is 0 Å². The van der Waals surface area contributed by atoms with Crippen molar-refractivity contribution in [3.8, 4) is 5.75 Å². The molecule has 1 aromatic carbocycles. The third-order valence-corrected chi connectivity index (χ3v) is 2.82. The Morgan fingerprint density at radius 1 is 1.24 bits per heavy atom. The van der Waals surface area contributed by atoms with Crippen molar-refractivity contribution in [3.63, 3.8) is 0 Å². The van der Waals surface area contributed by atoms with Gasteiger partial charge in [-0.1, -0.05) is 0 Å². The SMILES string of the molecule is Cc1cc(C(F)(F)F)cc(NC(=O)c2ccncc2)c1O. The number of aromatic nitrogens is 1. The number of carbonyl (C=O) groups excluding carboxylic acids is 1. The lowest BCUT2D eigenvalue weighted by Crippen LogP contribution is -2.14. The molecule has 110 valence electrons. The quantitative estimate of drug-likeness (QED) is 0.835. The van der Waals surface area contributed by atoms with E-state index in [1.54, 1.807) is 0 Å². The van der Waals surface area contributed by atoms with Gasteiger partial charge in [0.1, 0.15) is 5.75 Å². The topological polar surface area (TPSA) is 62.2 Å². The Kier molecular flexibility index (Phi) is 3.84. The second kappa shape index (κ2) is 5.43. The van der Waals surface area contributed by atoms with Crippen LogP contribution >= 0.6 is 0 Å². The van der Waals surface area contributed by atoms with Crippen LogP contribution in [0.4, 0.5) is 18.9 Å². The Morgan fingerprint density at radius 2 is 1.86 bits per heavy atom. The van der Waals surface area contributed by atoms with Gasteiger partial charge in [0.2, 0.25) is 0 Å². The van der Waals surface area contributed by atoms with E-state index in [9.17, 15) is 23.1 Å². The number of hydrogen-bond donors (Lipinski definition) is 2. The number of phenols is 1. The fraction of sp³-hybridized carbons (Fsp3) is 0.143. The summed E-state index contributed by atoms with van der Waals surface area (Å²) in [6, 6.07) is 4.33. The van der Waals surface area contributed by atoms with Gasteiger partial charge < -0.3 is 10.4 Å². The number of hydrogen-bond acceptors (Lipinski definition) is 3.